The quantitative estimate of drug-likeness (QED) is 0.611. The average Bonchev–Trinajstić information content (AvgIpc) is 2.23. The van der Waals surface area contributed by atoms with E-state index in [-0.39, 0.29) is 24.4 Å². The lowest BCUT2D eigenvalue weighted by atomic mass is 10.1. The lowest BCUT2D eigenvalue weighted by Crippen LogP contribution is -2.42. The van der Waals surface area contributed by atoms with E-state index >= 15 is 0 Å². The second-order valence-electron chi connectivity index (χ2n) is 4.58. The molecule has 0 bridgehead atoms. The molecule has 0 fully saturated rings. The van der Waals surface area contributed by atoms with Crippen LogP contribution in [-0.4, -0.2) is 29.7 Å². The fraction of sp³-hybridized carbons (Fsp3) is 0.833. The molecule has 0 spiro atoms. The SMILES string of the molecule is CCCC(C)NC(=O)NCC(C)CCC(=O)O. The highest BCUT2D eigenvalue weighted by atomic mass is 16.4. The average molecular weight is 244 g/mol. The van der Waals surface area contributed by atoms with Crippen molar-refractivity contribution in [1.82, 2.24) is 10.6 Å². The topological polar surface area (TPSA) is 78.4 Å². The fourth-order valence-electron chi connectivity index (χ4n) is 1.52. The Hall–Kier alpha value is -1.26. The molecule has 2 unspecified atom stereocenters. The van der Waals surface area contributed by atoms with Crippen molar-refractivity contribution >= 4 is 12.0 Å². The van der Waals surface area contributed by atoms with Crippen LogP contribution in [0.2, 0.25) is 0 Å². The Bertz CT molecular complexity index is 244. The highest BCUT2D eigenvalue weighted by molar-refractivity contribution is 5.74. The Morgan fingerprint density at radius 3 is 2.41 bits per heavy atom. The van der Waals surface area contributed by atoms with Gasteiger partial charge in [0.05, 0.1) is 0 Å². The summed E-state index contributed by atoms with van der Waals surface area (Å²) in [7, 11) is 0. The third-order valence-corrected chi connectivity index (χ3v) is 2.56. The molecule has 0 aliphatic rings. The number of amides is 2. The molecule has 5 heteroatoms. The molecule has 5 nitrogen and oxygen atoms in total. The van der Waals surface area contributed by atoms with Gasteiger partial charge in [-0.2, -0.15) is 0 Å². The first-order chi connectivity index (χ1) is 7.95. The van der Waals surface area contributed by atoms with E-state index in [1.807, 2.05) is 13.8 Å². The standard InChI is InChI=1S/C12H24N2O3/c1-4-5-10(3)14-12(17)13-8-9(2)6-7-11(15)16/h9-10H,4-8H2,1-3H3,(H,15,16)(H2,13,14,17). The summed E-state index contributed by atoms with van der Waals surface area (Å²) in [5.74, 6) is -0.615. The van der Waals surface area contributed by atoms with E-state index in [1.54, 1.807) is 0 Å². The van der Waals surface area contributed by atoms with Crippen LogP contribution in [0, 0.1) is 5.92 Å². The van der Waals surface area contributed by atoms with Crippen molar-refractivity contribution in [3.63, 3.8) is 0 Å². The van der Waals surface area contributed by atoms with Crippen LogP contribution in [0.5, 0.6) is 0 Å². The molecule has 17 heavy (non-hydrogen) atoms. The van der Waals surface area contributed by atoms with E-state index in [4.69, 9.17) is 5.11 Å². The molecule has 0 saturated heterocycles. The molecule has 2 amide bonds. The zero-order chi connectivity index (χ0) is 13.3. The Balaban J connectivity index is 3.65. The molecule has 0 heterocycles. The number of carbonyl (C=O) groups is 2. The van der Waals surface area contributed by atoms with Crippen LogP contribution >= 0.6 is 0 Å². The number of urea groups is 1. The summed E-state index contributed by atoms with van der Waals surface area (Å²) in [6.07, 6.45) is 2.73. The van der Waals surface area contributed by atoms with Crippen LogP contribution in [0.15, 0.2) is 0 Å². The van der Waals surface area contributed by atoms with Crippen molar-refractivity contribution in [2.75, 3.05) is 6.54 Å². The second-order valence-corrected chi connectivity index (χ2v) is 4.58. The van der Waals surface area contributed by atoms with E-state index in [1.165, 1.54) is 0 Å². The lowest BCUT2D eigenvalue weighted by Gasteiger charge is -2.15. The monoisotopic (exact) mass is 244 g/mol. The number of carboxylic acids is 1. The minimum absolute atomic E-state index is 0.150. The van der Waals surface area contributed by atoms with Gasteiger partial charge in [0.2, 0.25) is 0 Å². The van der Waals surface area contributed by atoms with Crippen LogP contribution < -0.4 is 10.6 Å². The predicted molar refractivity (Wildman–Crippen MR) is 66.9 cm³/mol. The number of rotatable bonds is 8. The van der Waals surface area contributed by atoms with Crippen LogP contribution in [-0.2, 0) is 4.79 Å². The van der Waals surface area contributed by atoms with Gasteiger partial charge in [0, 0.05) is 19.0 Å². The summed E-state index contributed by atoms with van der Waals surface area (Å²) < 4.78 is 0. The summed E-state index contributed by atoms with van der Waals surface area (Å²) in [5, 5.41) is 14.1. The van der Waals surface area contributed by atoms with E-state index in [0.717, 1.165) is 12.8 Å². The van der Waals surface area contributed by atoms with Gasteiger partial charge in [0.15, 0.2) is 0 Å². The number of hydrogen-bond donors (Lipinski definition) is 3. The lowest BCUT2D eigenvalue weighted by molar-refractivity contribution is -0.137. The smallest absolute Gasteiger partial charge is 0.315 e. The van der Waals surface area contributed by atoms with Gasteiger partial charge >= 0.3 is 12.0 Å². The molecule has 0 aliphatic heterocycles. The van der Waals surface area contributed by atoms with Crippen molar-refractivity contribution in [3.8, 4) is 0 Å². The molecule has 0 saturated carbocycles. The van der Waals surface area contributed by atoms with Gasteiger partial charge in [-0.15, -0.1) is 0 Å². The van der Waals surface area contributed by atoms with Crippen LogP contribution in [0.1, 0.15) is 46.5 Å². The number of hydrogen-bond acceptors (Lipinski definition) is 2. The molecule has 0 aromatic carbocycles. The highest BCUT2D eigenvalue weighted by Crippen LogP contribution is 2.03. The van der Waals surface area contributed by atoms with Crippen molar-refractivity contribution in [3.05, 3.63) is 0 Å². The number of carbonyl (C=O) groups excluding carboxylic acids is 1. The minimum atomic E-state index is -0.794. The van der Waals surface area contributed by atoms with E-state index < -0.39 is 5.97 Å². The number of aliphatic carboxylic acids is 1. The largest absolute Gasteiger partial charge is 0.481 e. The maximum atomic E-state index is 11.4. The summed E-state index contributed by atoms with van der Waals surface area (Å²) in [4.78, 5) is 21.8. The maximum absolute atomic E-state index is 11.4. The zero-order valence-electron chi connectivity index (χ0n) is 11.0. The number of nitrogens with one attached hydrogen (secondary N) is 2. The summed E-state index contributed by atoms with van der Waals surface area (Å²) in [5.41, 5.74) is 0. The van der Waals surface area contributed by atoms with Gasteiger partial charge in [0.25, 0.3) is 0 Å². The Kier molecular flexibility index (Phi) is 8.19. The highest BCUT2D eigenvalue weighted by Gasteiger charge is 2.09. The summed E-state index contributed by atoms with van der Waals surface area (Å²) >= 11 is 0. The molecule has 100 valence electrons. The first kappa shape index (κ1) is 15.7. The molecular weight excluding hydrogens is 220 g/mol. The van der Waals surface area contributed by atoms with Crippen molar-refractivity contribution in [2.45, 2.75) is 52.5 Å². The van der Waals surface area contributed by atoms with Gasteiger partial charge in [-0.25, -0.2) is 4.79 Å². The second kappa shape index (κ2) is 8.84. The van der Waals surface area contributed by atoms with Gasteiger partial charge in [-0.05, 0) is 25.7 Å². The Morgan fingerprint density at radius 1 is 1.24 bits per heavy atom. The van der Waals surface area contributed by atoms with Crippen molar-refractivity contribution < 1.29 is 14.7 Å². The molecular formula is C12H24N2O3. The molecule has 0 aliphatic carbocycles. The Morgan fingerprint density at radius 2 is 1.88 bits per heavy atom. The third-order valence-electron chi connectivity index (χ3n) is 2.56. The molecule has 0 radical (unpaired) electrons. The Labute approximate surface area is 103 Å². The molecule has 0 aromatic rings. The van der Waals surface area contributed by atoms with E-state index in [0.29, 0.717) is 13.0 Å². The zero-order valence-corrected chi connectivity index (χ0v) is 11.0. The first-order valence-electron chi connectivity index (χ1n) is 6.21. The molecule has 0 aromatic heterocycles. The fourth-order valence-corrected chi connectivity index (χ4v) is 1.52. The van der Waals surface area contributed by atoms with Crippen molar-refractivity contribution in [1.29, 1.82) is 0 Å². The predicted octanol–water partition coefficient (Wildman–Crippen LogP) is 1.98. The first-order valence-corrected chi connectivity index (χ1v) is 6.21. The van der Waals surface area contributed by atoms with E-state index in [9.17, 15) is 9.59 Å². The van der Waals surface area contributed by atoms with Crippen molar-refractivity contribution in [2.24, 2.45) is 5.92 Å². The summed E-state index contributed by atoms with van der Waals surface area (Å²) in [6, 6.07) is 0.00227. The van der Waals surface area contributed by atoms with Crippen LogP contribution in [0.4, 0.5) is 4.79 Å². The maximum Gasteiger partial charge on any atom is 0.315 e. The third kappa shape index (κ3) is 9.66. The normalized spacial score (nSPS) is 13.8. The van der Waals surface area contributed by atoms with Gasteiger partial charge in [0.1, 0.15) is 0 Å². The molecule has 2 atom stereocenters. The molecule has 0 rings (SSSR count). The summed E-state index contributed by atoms with van der Waals surface area (Å²) in [6.45, 7) is 6.48. The van der Waals surface area contributed by atoms with E-state index in [2.05, 4.69) is 17.6 Å². The van der Waals surface area contributed by atoms with Crippen LogP contribution in [0.3, 0.4) is 0 Å². The number of carboxylic acid groups (broad SMARTS) is 1. The van der Waals surface area contributed by atoms with Gasteiger partial charge < -0.3 is 15.7 Å². The van der Waals surface area contributed by atoms with Crippen LogP contribution in [0.25, 0.3) is 0 Å². The minimum Gasteiger partial charge on any atom is -0.481 e. The van der Waals surface area contributed by atoms with Gasteiger partial charge in [-0.3, -0.25) is 4.79 Å². The molecule has 3 N–H and O–H groups in total. The van der Waals surface area contributed by atoms with Gasteiger partial charge in [-0.1, -0.05) is 20.3 Å².